The van der Waals surface area contributed by atoms with Gasteiger partial charge in [-0.3, -0.25) is 4.79 Å². The molecule has 1 saturated carbocycles. The molecule has 0 heterocycles. The van der Waals surface area contributed by atoms with Crippen LogP contribution in [-0.4, -0.2) is 18.5 Å². The minimum Gasteiger partial charge on any atom is -0.381 e. The molecule has 1 aliphatic rings. The smallest absolute Gasteiger partial charge is 0.227 e. The van der Waals surface area contributed by atoms with E-state index in [1.807, 2.05) is 0 Å². The minimum absolute atomic E-state index is 0.0598. The lowest BCUT2D eigenvalue weighted by Gasteiger charge is -2.27. The first kappa shape index (κ1) is 9.01. The molecule has 0 radical (unpaired) electrons. The Bertz CT molecular complexity index is 147. The van der Waals surface area contributed by atoms with Crippen LogP contribution < -0.4 is 0 Å². The zero-order valence-electron chi connectivity index (χ0n) is 6.68. The van der Waals surface area contributed by atoms with Crippen molar-refractivity contribution in [2.24, 2.45) is 5.92 Å². The predicted octanol–water partition coefficient (Wildman–Crippen LogP) is 1.96. The third-order valence-electron chi connectivity index (χ3n) is 2.30. The van der Waals surface area contributed by atoms with Gasteiger partial charge >= 0.3 is 0 Å². The first-order valence-electron chi connectivity index (χ1n) is 3.98. The SMILES string of the molecule is CO[C@H]1CCCC[C@H]1C(=O)Cl. The van der Waals surface area contributed by atoms with Gasteiger partial charge in [0.1, 0.15) is 0 Å². The Hall–Kier alpha value is -0.0800. The second-order valence-electron chi connectivity index (χ2n) is 2.97. The highest BCUT2D eigenvalue weighted by molar-refractivity contribution is 6.64. The summed E-state index contributed by atoms with van der Waals surface area (Å²) >= 11 is 5.41. The molecule has 0 saturated heterocycles. The number of carbonyl (C=O) groups is 1. The van der Waals surface area contributed by atoms with E-state index in [1.165, 1.54) is 0 Å². The molecular weight excluding hydrogens is 164 g/mol. The topological polar surface area (TPSA) is 26.3 Å². The Balaban J connectivity index is 2.51. The summed E-state index contributed by atoms with van der Waals surface area (Å²) in [4.78, 5) is 10.9. The minimum atomic E-state index is -0.239. The molecule has 0 N–H and O–H groups in total. The number of carbonyl (C=O) groups excluding carboxylic acids is 1. The summed E-state index contributed by atoms with van der Waals surface area (Å²) in [6.45, 7) is 0. The van der Waals surface area contributed by atoms with Crippen molar-refractivity contribution < 1.29 is 9.53 Å². The van der Waals surface area contributed by atoms with Crippen LogP contribution in [0, 0.1) is 5.92 Å². The van der Waals surface area contributed by atoms with Crippen molar-refractivity contribution in [3.8, 4) is 0 Å². The van der Waals surface area contributed by atoms with Gasteiger partial charge in [-0.2, -0.15) is 0 Å². The Morgan fingerprint density at radius 1 is 1.45 bits per heavy atom. The van der Waals surface area contributed by atoms with Gasteiger partial charge in [-0.15, -0.1) is 0 Å². The first-order chi connectivity index (χ1) is 5.25. The average molecular weight is 177 g/mol. The molecule has 0 spiro atoms. The maximum Gasteiger partial charge on any atom is 0.227 e. The zero-order chi connectivity index (χ0) is 8.27. The summed E-state index contributed by atoms with van der Waals surface area (Å²) in [7, 11) is 1.64. The van der Waals surface area contributed by atoms with Gasteiger partial charge in [0.25, 0.3) is 0 Å². The van der Waals surface area contributed by atoms with Crippen LogP contribution in [0.4, 0.5) is 0 Å². The number of methoxy groups -OCH3 is 1. The summed E-state index contributed by atoms with van der Waals surface area (Å²) in [6.07, 6.45) is 4.18. The second kappa shape index (κ2) is 4.07. The van der Waals surface area contributed by atoms with Crippen molar-refractivity contribution in [1.29, 1.82) is 0 Å². The number of rotatable bonds is 2. The summed E-state index contributed by atoms with van der Waals surface area (Å²) in [5.41, 5.74) is 0. The van der Waals surface area contributed by atoms with Crippen molar-refractivity contribution in [3.05, 3.63) is 0 Å². The van der Waals surface area contributed by atoms with Gasteiger partial charge in [-0.05, 0) is 24.4 Å². The zero-order valence-corrected chi connectivity index (χ0v) is 7.43. The van der Waals surface area contributed by atoms with E-state index in [2.05, 4.69) is 0 Å². The van der Waals surface area contributed by atoms with Gasteiger partial charge in [-0.25, -0.2) is 0 Å². The van der Waals surface area contributed by atoms with E-state index in [9.17, 15) is 4.79 Å². The average Bonchev–Trinajstić information content (AvgIpc) is 2.04. The van der Waals surface area contributed by atoms with Crippen LogP contribution in [0.5, 0.6) is 0 Å². The van der Waals surface area contributed by atoms with Gasteiger partial charge in [-0.1, -0.05) is 12.8 Å². The second-order valence-corrected chi connectivity index (χ2v) is 3.34. The molecule has 11 heavy (non-hydrogen) atoms. The maximum atomic E-state index is 10.9. The van der Waals surface area contributed by atoms with Gasteiger partial charge in [0.05, 0.1) is 12.0 Å². The molecule has 0 unspecified atom stereocenters. The largest absolute Gasteiger partial charge is 0.381 e. The number of hydrogen-bond donors (Lipinski definition) is 0. The predicted molar refractivity (Wildman–Crippen MR) is 43.6 cm³/mol. The highest BCUT2D eigenvalue weighted by Crippen LogP contribution is 2.27. The van der Waals surface area contributed by atoms with Gasteiger partial charge in [0, 0.05) is 7.11 Å². The Labute approximate surface area is 71.9 Å². The van der Waals surface area contributed by atoms with Crippen LogP contribution in [0.2, 0.25) is 0 Å². The first-order valence-corrected chi connectivity index (χ1v) is 4.35. The van der Waals surface area contributed by atoms with Crippen LogP contribution in [0.25, 0.3) is 0 Å². The van der Waals surface area contributed by atoms with E-state index in [1.54, 1.807) is 7.11 Å². The normalized spacial score (nSPS) is 31.8. The van der Waals surface area contributed by atoms with Gasteiger partial charge in [0.15, 0.2) is 0 Å². The molecule has 0 aromatic carbocycles. The molecule has 0 aliphatic heterocycles. The lowest BCUT2D eigenvalue weighted by Crippen LogP contribution is -2.30. The fraction of sp³-hybridized carbons (Fsp3) is 0.875. The van der Waals surface area contributed by atoms with Crippen LogP contribution in [0.1, 0.15) is 25.7 Å². The van der Waals surface area contributed by atoms with Gasteiger partial charge in [0.2, 0.25) is 5.24 Å². The molecular formula is C8H13ClO2. The Kier molecular flexibility index (Phi) is 3.34. The molecule has 1 rings (SSSR count). The fourth-order valence-electron chi connectivity index (χ4n) is 1.64. The van der Waals surface area contributed by atoms with E-state index in [0.29, 0.717) is 0 Å². The third-order valence-corrected chi connectivity index (χ3v) is 2.58. The van der Waals surface area contributed by atoms with Gasteiger partial charge < -0.3 is 4.74 Å². The van der Waals surface area contributed by atoms with E-state index in [-0.39, 0.29) is 17.3 Å². The van der Waals surface area contributed by atoms with E-state index >= 15 is 0 Å². The Morgan fingerprint density at radius 2 is 2.09 bits per heavy atom. The molecule has 1 aliphatic carbocycles. The van der Waals surface area contributed by atoms with Crippen molar-refractivity contribution in [1.82, 2.24) is 0 Å². The van der Waals surface area contributed by atoms with Crippen LogP contribution >= 0.6 is 11.6 Å². The van der Waals surface area contributed by atoms with Crippen molar-refractivity contribution in [3.63, 3.8) is 0 Å². The molecule has 0 amide bonds. The highest BCUT2D eigenvalue weighted by atomic mass is 35.5. The number of ether oxygens (including phenoxy) is 1. The molecule has 0 aromatic rings. The number of hydrogen-bond acceptors (Lipinski definition) is 2. The fourth-order valence-corrected chi connectivity index (χ4v) is 1.89. The number of halogens is 1. The summed E-state index contributed by atoms with van der Waals surface area (Å²) < 4.78 is 5.16. The van der Waals surface area contributed by atoms with E-state index < -0.39 is 0 Å². The molecule has 3 heteroatoms. The molecule has 2 nitrogen and oxygen atoms in total. The third kappa shape index (κ3) is 2.17. The van der Waals surface area contributed by atoms with Crippen molar-refractivity contribution >= 4 is 16.8 Å². The van der Waals surface area contributed by atoms with Crippen molar-refractivity contribution in [2.45, 2.75) is 31.8 Å². The van der Waals surface area contributed by atoms with Crippen LogP contribution in [0.15, 0.2) is 0 Å². The standard InChI is InChI=1S/C8H13ClO2/c1-11-7-5-3-2-4-6(7)8(9)10/h6-7H,2-5H2,1H3/t6-,7+/m1/s1. The molecule has 2 atom stereocenters. The van der Waals surface area contributed by atoms with Crippen LogP contribution in [0.3, 0.4) is 0 Å². The lowest BCUT2D eigenvalue weighted by atomic mass is 9.87. The molecule has 1 fully saturated rings. The van der Waals surface area contributed by atoms with E-state index in [0.717, 1.165) is 25.7 Å². The molecule has 64 valence electrons. The summed E-state index contributed by atoms with van der Waals surface area (Å²) in [5, 5.41) is -0.239. The monoisotopic (exact) mass is 176 g/mol. The summed E-state index contributed by atoms with van der Waals surface area (Å²) in [5.74, 6) is -0.0598. The van der Waals surface area contributed by atoms with Crippen LogP contribution in [-0.2, 0) is 9.53 Å². The maximum absolute atomic E-state index is 10.9. The quantitative estimate of drug-likeness (QED) is 0.602. The lowest BCUT2D eigenvalue weighted by molar-refractivity contribution is -0.121. The van der Waals surface area contributed by atoms with E-state index in [4.69, 9.17) is 16.3 Å². The Morgan fingerprint density at radius 3 is 2.55 bits per heavy atom. The summed E-state index contributed by atoms with van der Waals surface area (Å²) in [6, 6.07) is 0. The molecule has 0 aromatic heterocycles. The molecule has 0 bridgehead atoms. The highest BCUT2D eigenvalue weighted by Gasteiger charge is 2.29. The van der Waals surface area contributed by atoms with Crippen molar-refractivity contribution in [2.75, 3.05) is 7.11 Å².